The molecule has 0 saturated carbocycles. The lowest BCUT2D eigenvalue weighted by Gasteiger charge is -2.28. The van der Waals surface area contributed by atoms with Gasteiger partial charge in [0.2, 0.25) is 0 Å². The highest BCUT2D eigenvalue weighted by atomic mass is 28.4. The van der Waals surface area contributed by atoms with Gasteiger partial charge in [-0.25, -0.2) is 0 Å². The van der Waals surface area contributed by atoms with E-state index in [1.165, 1.54) is 25.7 Å². The van der Waals surface area contributed by atoms with Gasteiger partial charge in [0.05, 0.1) is 0 Å². The zero-order valence-electron chi connectivity index (χ0n) is 20.8. The number of hydrogen-bond acceptors (Lipinski definition) is 6. The van der Waals surface area contributed by atoms with E-state index < -0.39 is 17.6 Å². The Labute approximate surface area is 183 Å². The van der Waals surface area contributed by atoms with Crippen LogP contribution in [0.3, 0.4) is 0 Å². The average molecular weight is 455 g/mol. The van der Waals surface area contributed by atoms with Crippen molar-refractivity contribution in [1.29, 1.82) is 0 Å². The molecule has 0 heterocycles. The lowest BCUT2D eigenvalue weighted by atomic mass is 10.0. The fourth-order valence-electron chi connectivity index (χ4n) is 3.19. The van der Waals surface area contributed by atoms with Gasteiger partial charge in [0.1, 0.15) is 0 Å². The topological polar surface area (TPSA) is 55.4 Å². The maximum Gasteiger partial charge on any atom is 0.500 e. The SMILES string of the molecule is CCCCC(CC)C[Si](OC)(OC)OC.CCCC[Si](OCC)(OCC)OCC. The molecule has 0 bridgehead atoms. The Kier molecular flexibility index (Phi) is 21.8. The highest BCUT2D eigenvalue weighted by molar-refractivity contribution is 6.61. The molecule has 0 aliphatic heterocycles. The van der Waals surface area contributed by atoms with Crippen molar-refractivity contribution in [2.24, 2.45) is 5.92 Å². The zero-order valence-corrected chi connectivity index (χ0v) is 22.8. The standard InChI is InChI=1S/C11H26O3Si.C10H24O3Si/c1-6-8-9-11(7-2)10-15(12-3,13-4)14-5;1-5-9-10-14(11-6-2,12-7-3)13-8-4/h11H,6-10H2,1-5H3;5-10H2,1-4H3. The molecule has 0 fully saturated rings. The third-order valence-corrected chi connectivity index (χ3v) is 11.0. The van der Waals surface area contributed by atoms with Crippen molar-refractivity contribution in [2.45, 2.75) is 92.2 Å². The van der Waals surface area contributed by atoms with Crippen LogP contribution in [0.25, 0.3) is 0 Å². The van der Waals surface area contributed by atoms with Crippen LogP contribution in [-0.2, 0) is 26.6 Å². The molecule has 0 radical (unpaired) electrons. The van der Waals surface area contributed by atoms with E-state index >= 15 is 0 Å². The average Bonchev–Trinajstić information content (AvgIpc) is 2.74. The van der Waals surface area contributed by atoms with E-state index in [2.05, 4.69) is 20.8 Å². The van der Waals surface area contributed by atoms with Gasteiger partial charge >= 0.3 is 17.6 Å². The minimum Gasteiger partial charge on any atom is -0.377 e. The number of unbranched alkanes of at least 4 members (excludes halogenated alkanes) is 2. The smallest absolute Gasteiger partial charge is 0.377 e. The third kappa shape index (κ3) is 14.0. The Morgan fingerprint density at radius 2 is 1.07 bits per heavy atom. The molecular weight excluding hydrogens is 404 g/mol. The summed E-state index contributed by atoms with van der Waals surface area (Å²) in [6.45, 7) is 14.6. The minimum absolute atomic E-state index is 0.663. The van der Waals surface area contributed by atoms with E-state index in [4.69, 9.17) is 26.6 Å². The second-order valence-corrected chi connectivity index (χ2v) is 12.7. The second-order valence-electron chi connectivity index (χ2n) is 7.00. The molecule has 29 heavy (non-hydrogen) atoms. The highest BCUT2D eigenvalue weighted by Crippen LogP contribution is 2.25. The summed E-state index contributed by atoms with van der Waals surface area (Å²) in [6.07, 6.45) is 7.22. The van der Waals surface area contributed by atoms with Crippen molar-refractivity contribution in [1.82, 2.24) is 0 Å². The molecule has 8 heteroatoms. The van der Waals surface area contributed by atoms with Gasteiger partial charge < -0.3 is 26.6 Å². The molecule has 1 atom stereocenters. The zero-order chi connectivity index (χ0) is 22.6. The summed E-state index contributed by atoms with van der Waals surface area (Å²) in [7, 11) is 0.391. The molecule has 0 aliphatic rings. The molecule has 0 aromatic heterocycles. The minimum atomic E-state index is -2.35. The quantitative estimate of drug-likeness (QED) is 0.240. The fraction of sp³-hybridized carbons (Fsp3) is 1.00. The van der Waals surface area contributed by atoms with Gasteiger partial charge in [-0.15, -0.1) is 0 Å². The molecule has 0 spiro atoms. The van der Waals surface area contributed by atoms with Gasteiger partial charge in [0.25, 0.3) is 0 Å². The Balaban J connectivity index is 0. The summed E-state index contributed by atoms with van der Waals surface area (Å²) in [5.41, 5.74) is 0. The first-order valence-corrected chi connectivity index (χ1v) is 15.4. The van der Waals surface area contributed by atoms with E-state index in [-0.39, 0.29) is 0 Å². The van der Waals surface area contributed by atoms with Gasteiger partial charge in [-0.3, -0.25) is 0 Å². The predicted octanol–water partition coefficient (Wildman–Crippen LogP) is 5.92. The lowest BCUT2D eigenvalue weighted by molar-refractivity contribution is 0.0707. The first-order valence-electron chi connectivity index (χ1n) is 11.5. The van der Waals surface area contributed by atoms with Crippen LogP contribution >= 0.6 is 0 Å². The maximum atomic E-state index is 5.71. The molecule has 0 amide bonds. The van der Waals surface area contributed by atoms with E-state index in [0.29, 0.717) is 25.7 Å². The van der Waals surface area contributed by atoms with E-state index in [0.717, 1.165) is 24.9 Å². The summed E-state index contributed by atoms with van der Waals surface area (Å²) >= 11 is 0. The summed E-state index contributed by atoms with van der Waals surface area (Å²) in [5.74, 6) is 0.663. The van der Waals surface area contributed by atoms with Crippen LogP contribution in [0.5, 0.6) is 0 Å². The summed E-state index contributed by atoms with van der Waals surface area (Å²) in [5, 5.41) is 0. The van der Waals surface area contributed by atoms with Crippen LogP contribution in [0.15, 0.2) is 0 Å². The van der Waals surface area contributed by atoms with Crippen molar-refractivity contribution in [2.75, 3.05) is 41.2 Å². The molecule has 0 rings (SSSR count). The van der Waals surface area contributed by atoms with Crippen LogP contribution < -0.4 is 0 Å². The maximum absolute atomic E-state index is 5.71. The van der Waals surface area contributed by atoms with Crippen LogP contribution in [-0.4, -0.2) is 58.8 Å². The number of hydrogen-bond donors (Lipinski definition) is 0. The van der Waals surface area contributed by atoms with Crippen LogP contribution in [0.1, 0.15) is 80.1 Å². The first-order chi connectivity index (χ1) is 13.9. The first kappa shape index (κ1) is 31.4. The van der Waals surface area contributed by atoms with Crippen LogP contribution in [0.2, 0.25) is 12.1 Å². The normalized spacial score (nSPS) is 13.1. The predicted molar refractivity (Wildman–Crippen MR) is 125 cm³/mol. The second kappa shape index (κ2) is 20.1. The molecule has 178 valence electrons. The molecule has 0 aliphatic carbocycles. The molecular formula is C21H50O6Si2. The molecule has 0 aromatic carbocycles. The van der Waals surface area contributed by atoms with Gasteiger partial charge in [0.15, 0.2) is 0 Å². The van der Waals surface area contributed by atoms with Crippen molar-refractivity contribution in [3.8, 4) is 0 Å². The summed E-state index contributed by atoms with van der Waals surface area (Å²) in [4.78, 5) is 0. The molecule has 0 aromatic rings. The molecule has 0 saturated heterocycles. The van der Waals surface area contributed by atoms with Gasteiger partial charge in [-0.1, -0.05) is 52.9 Å². The number of rotatable bonds is 18. The van der Waals surface area contributed by atoms with E-state index in [9.17, 15) is 0 Å². The lowest BCUT2D eigenvalue weighted by Crippen LogP contribution is -2.45. The van der Waals surface area contributed by atoms with Gasteiger partial charge in [-0.05, 0) is 33.1 Å². The van der Waals surface area contributed by atoms with Crippen molar-refractivity contribution in [3.05, 3.63) is 0 Å². The van der Waals surface area contributed by atoms with Gasteiger partial charge in [-0.2, -0.15) is 0 Å². The molecule has 6 nitrogen and oxygen atoms in total. The van der Waals surface area contributed by atoms with Gasteiger partial charge in [0, 0.05) is 53.2 Å². The third-order valence-electron chi connectivity index (χ3n) is 4.94. The van der Waals surface area contributed by atoms with Crippen LogP contribution in [0.4, 0.5) is 0 Å². The Morgan fingerprint density at radius 1 is 0.621 bits per heavy atom. The summed E-state index contributed by atoms with van der Waals surface area (Å²) in [6, 6.07) is 1.88. The molecule has 1 unspecified atom stereocenters. The van der Waals surface area contributed by atoms with Crippen molar-refractivity contribution >= 4 is 17.6 Å². The highest BCUT2D eigenvalue weighted by Gasteiger charge is 2.40. The fourth-order valence-corrected chi connectivity index (χ4v) is 8.18. The Morgan fingerprint density at radius 3 is 1.38 bits per heavy atom. The van der Waals surface area contributed by atoms with E-state index in [1.807, 2.05) is 20.8 Å². The Bertz CT molecular complexity index is 318. The van der Waals surface area contributed by atoms with E-state index in [1.54, 1.807) is 21.3 Å². The summed E-state index contributed by atoms with van der Waals surface area (Å²) < 4.78 is 33.4. The van der Waals surface area contributed by atoms with Crippen LogP contribution in [0, 0.1) is 5.92 Å². The largest absolute Gasteiger partial charge is 0.500 e. The van der Waals surface area contributed by atoms with Crippen molar-refractivity contribution < 1.29 is 26.6 Å². The van der Waals surface area contributed by atoms with Crippen molar-refractivity contribution in [3.63, 3.8) is 0 Å². The molecule has 0 N–H and O–H groups in total. The Hall–Kier alpha value is 0.194. The monoisotopic (exact) mass is 454 g/mol.